The van der Waals surface area contributed by atoms with Crippen LogP contribution in [0.25, 0.3) is 0 Å². The Kier molecular flexibility index (Phi) is 1.94. The maximum absolute atomic E-state index is 3.90. The van der Waals surface area contributed by atoms with Crippen LogP contribution in [0.5, 0.6) is 0 Å². The Morgan fingerprint density at radius 3 is 2.60 bits per heavy atom. The fraction of sp³-hybridized carbons (Fsp3) is 0.571. The van der Waals surface area contributed by atoms with E-state index in [2.05, 4.69) is 35.9 Å². The molecule has 0 saturated carbocycles. The van der Waals surface area contributed by atoms with E-state index < -0.39 is 8.07 Å². The van der Waals surface area contributed by atoms with E-state index in [1.165, 1.54) is 11.7 Å². The lowest BCUT2D eigenvalue weighted by Gasteiger charge is -2.13. The molecule has 0 aliphatic rings. The fourth-order valence-corrected chi connectivity index (χ4v) is 2.29. The van der Waals surface area contributed by atoms with Crippen LogP contribution in [0, 0.1) is 0 Å². The summed E-state index contributed by atoms with van der Waals surface area (Å²) in [6.07, 6.45) is 1.81. The molecule has 0 spiro atoms. The number of rotatable bonds is 2. The van der Waals surface area contributed by atoms with Gasteiger partial charge in [-0.15, -0.1) is 0 Å². The minimum atomic E-state index is -0.933. The minimum absolute atomic E-state index is 0.933. The van der Waals surface area contributed by atoms with Crippen LogP contribution in [0.4, 0.5) is 0 Å². The van der Waals surface area contributed by atoms with Gasteiger partial charge in [0, 0.05) is 11.9 Å². The van der Waals surface area contributed by atoms with E-state index in [0.717, 1.165) is 0 Å². The molecule has 2 nitrogen and oxygen atoms in total. The molecular weight excluding hydrogens is 140 g/mol. The van der Waals surface area contributed by atoms with Crippen LogP contribution < -0.4 is 0 Å². The number of nitrogens with zero attached hydrogens (tertiary/aromatic N) is 1. The molecule has 10 heavy (non-hydrogen) atoms. The summed E-state index contributed by atoms with van der Waals surface area (Å²) in [5, 5.41) is 6.88. The zero-order valence-corrected chi connectivity index (χ0v) is 7.81. The molecule has 0 aliphatic heterocycles. The number of hydrogen-bond donors (Lipinski definition) is 1. The van der Waals surface area contributed by atoms with Gasteiger partial charge < -0.3 is 0 Å². The standard InChI is InChI=1S/C7H14N2Si/c1-10(2,3)6-7-4-5-8-9-7/h4-5H,6H2,1-3H3,(H,8,9). The highest BCUT2D eigenvalue weighted by Crippen LogP contribution is 2.07. The third kappa shape index (κ3) is 2.35. The van der Waals surface area contributed by atoms with Crippen molar-refractivity contribution in [2.24, 2.45) is 0 Å². The van der Waals surface area contributed by atoms with Crippen molar-refractivity contribution >= 4 is 8.07 Å². The average Bonchev–Trinajstić information content (AvgIpc) is 2.12. The summed E-state index contributed by atoms with van der Waals surface area (Å²) < 4.78 is 0. The maximum Gasteiger partial charge on any atom is 0.0506 e. The molecule has 0 atom stereocenters. The van der Waals surface area contributed by atoms with Gasteiger partial charge in [0.1, 0.15) is 0 Å². The van der Waals surface area contributed by atoms with Crippen LogP contribution in [0.1, 0.15) is 5.69 Å². The van der Waals surface area contributed by atoms with E-state index in [9.17, 15) is 0 Å². The van der Waals surface area contributed by atoms with Gasteiger partial charge in [-0.3, -0.25) is 5.10 Å². The SMILES string of the molecule is C[Si](C)(C)Cc1ccn[nH]1. The lowest BCUT2D eigenvalue weighted by Crippen LogP contribution is -2.24. The molecule has 1 aromatic heterocycles. The third-order valence-electron chi connectivity index (χ3n) is 1.28. The second kappa shape index (κ2) is 2.58. The molecule has 0 fully saturated rings. The second-order valence-electron chi connectivity index (χ2n) is 3.82. The molecule has 1 N–H and O–H groups in total. The Morgan fingerprint density at radius 2 is 2.20 bits per heavy atom. The molecule has 0 radical (unpaired) electrons. The first kappa shape index (κ1) is 7.53. The number of aromatic nitrogens is 2. The van der Waals surface area contributed by atoms with Crippen LogP contribution in [-0.4, -0.2) is 18.3 Å². The van der Waals surface area contributed by atoms with E-state index in [1.807, 2.05) is 6.20 Å². The first-order valence-corrected chi connectivity index (χ1v) is 7.27. The Hall–Kier alpha value is -0.573. The van der Waals surface area contributed by atoms with Gasteiger partial charge in [-0.05, 0) is 12.1 Å². The smallest absolute Gasteiger partial charge is 0.0506 e. The summed E-state index contributed by atoms with van der Waals surface area (Å²) in [5.41, 5.74) is 1.28. The normalized spacial score (nSPS) is 11.9. The maximum atomic E-state index is 3.90. The highest BCUT2D eigenvalue weighted by Gasteiger charge is 2.13. The summed E-state index contributed by atoms with van der Waals surface area (Å²) >= 11 is 0. The van der Waals surface area contributed by atoms with Crippen LogP contribution in [0.15, 0.2) is 12.3 Å². The third-order valence-corrected chi connectivity index (χ3v) is 2.72. The average molecular weight is 154 g/mol. The summed E-state index contributed by atoms with van der Waals surface area (Å²) in [5.74, 6) is 0. The van der Waals surface area contributed by atoms with Crippen LogP contribution >= 0.6 is 0 Å². The van der Waals surface area contributed by atoms with E-state index in [-0.39, 0.29) is 0 Å². The zero-order chi connectivity index (χ0) is 7.61. The van der Waals surface area contributed by atoms with Gasteiger partial charge in [-0.1, -0.05) is 19.6 Å². The molecule has 0 aromatic carbocycles. The molecule has 1 aromatic rings. The van der Waals surface area contributed by atoms with Gasteiger partial charge in [0.25, 0.3) is 0 Å². The first-order valence-electron chi connectivity index (χ1n) is 3.56. The van der Waals surface area contributed by atoms with Crippen molar-refractivity contribution in [1.82, 2.24) is 10.2 Å². The highest BCUT2D eigenvalue weighted by atomic mass is 28.3. The second-order valence-corrected chi connectivity index (χ2v) is 9.29. The van der Waals surface area contributed by atoms with Crippen molar-refractivity contribution in [2.45, 2.75) is 25.7 Å². The van der Waals surface area contributed by atoms with Crippen molar-refractivity contribution in [1.29, 1.82) is 0 Å². The molecule has 3 heteroatoms. The fourth-order valence-electron chi connectivity index (χ4n) is 0.954. The van der Waals surface area contributed by atoms with Gasteiger partial charge in [-0.25, -0.2) is 0 Å². The number of aromatic amines is 1. The molecule has 0 amide bonds. The Bertz CT molecular complexity index is 186. The Labute approximate surface area is 62.7 Å². The van der Waals surface area contributed by atoms with Crippen molar-refractivity contribution in [3.05, 3.63) is 18.0 Å². The minimum Gasteiger partial charge on any atom is -0.283 e. The Morgan fingerprint density at radius 1 is 1.50 bits per heavy atom. The van der Waals surface area contributed by atoms with Gasteiger partial charge in [0.2, 0.25) is 0 Å². The van der Waals surface area contributed by atoms with Crippen molar-refractivity contribution < 1.29 is 0 Å². The number of hydrogen-bond acceptors (Lipinski definition) is 1. The van der Waals surface area contributed by atoms with Crippen LogP contribution in [-0.2, 0) is 6.04 Å². The molecule has 56 valence electrons. The largest absolute Gasteiger partial charge is 0.283 e. The van der Waals surface area contributed by atoms with Crippen LogP contribution in [0.3, 0.4) is 0 Å². The van der Waals surface area contributed by atoms with E-state index in [1.54, 1.807) is 0 Å². The summed E-state index contributed by atoms with van der Waals surface area (Å²) in [7, 11) is -0.933. The van der Waals surface area contributed by atoms with Gasteiger partial charge in [0.15, 0.2) is 0 Å². The molecule has 0 aliphatic carbocycles. The summed E-state index contributed by atoms with van der Waals surface area (Å²) in [6.45, 7) is 7.06. The number of H-pyrrole nitrogens is 1. The first-order chi connectivity index (χ1) is 4.58. The van der Waals surface area contributed by atoms with Crippen molar-refractivity contribution in [2.75, 3.05) is 0 Å². The highest BCUT2D eigenvalue weighted by molar-refractivity contribution is 6.75. The predicted molar refractivity (Wildman–Crippen MR) is 45.6 cm³/mol. The van der Waals surface area contributed by atoms with Crippen molar-refractivity contribution in [3.63, 3.8) is 0 Å². The topological polar surface area (TPSA) is 28.7 Å². The van der Waals surface area contributed by atoms with Gasteiger partial charge >= 0.3 is 0 Å². The lowest BCUT2D eigenvalue weighted by atomic mass is 10.5. The molecule has 1 rings (SSSR count). The van der Waals surface area contributed by atoms with Crippen molar-refractivity contribution in [3.8, 4) is 0 Å². The molecule has 0 unspecified atom stereocenters. The molecular formula is C7H14N2Si. The van der Waals surface area contributed by atoms with E-state index in [0.29, 0.717) is 0 Å². The molecule has 0 bridgehead atoms. The van der Waals surface area contributed by atoms with E-state index >= 15 is 0 Å². The summed E-state index contributed by atoms with van der Waals surface area (Å²) in [4.78, 5) is 0. The molecule has 1 heterocycles. The number of nitrogens with one attached hydrogen (secondary N) is 1. The van der Waals surface area contributed by atoms with Crippen LogP contribution in [0.2, 0.25) is 19.6 Å². The lowest BCUT2D eigenvalue weighted by molar-refractivity contribution is 1.02. The molecule has 0 saturated heterocycles. The predicted octanol–water partition coefficient (Wildman–Crippen LogP) is 1.83. The van der Waals surface area contributed by atoms with E-state index in [4.69, 9.17) is 0 Å². The summed E-state index contributed by atoms with van der Waals surface area (Å²) in [6, 6.07) is 3.26. The quantitative estimate of drug-likeness (QED) is 0.647. The monoisotopic (exact) mass is 154 g/mol. The van der Waals surface area contributed by atoms with Gasteiger partial charge in [-0.2, -0.15) is 5.10 Å². The zero-order valence-electron chi connectivity index (χ0n) is 6.81. The Balaban J connectivity index is 2.57. The van der Waals surface area contributed by atoms with Gasteiger partial charge in [0.05, 0.1) is 8.07 Å².